The van der Waals surface area contributed by atoms with Gasteiger partial charge in [0.05, 0.1) is 5.52 Å². The summed E-state index contributed by atoms with van der Waals surface area (Å²) in [6.07, 6.45) is 3.43. The Morgan fingerprint density at radius 1 is 0.773 bits per heavy atom. The van der Waals surface area contributed by atoms with Crippen LogP contribution in [-0.2, 0) is 0 Å². The van der Waals surface area contributed by atoms with Crippen molar-refractivity contribution >= 4 is 27.5 Å². The molecule has 0 saturated heterocycles. The number of phenolic OH excluding ortho intramolecular Hbond substituents is 1. The number of benzene rings is 2. The average Bonchev–Trinajstić information content (AvgIpc) is 2.59. The summed E-state index contributed by atoms with van der Waals surface area (Å²) in [5.74, 6) is 0.166. The van der Waals surface area contributed by atoms with Crippen LogP contribution in [0.1, 0.15) is 0 Å². The molecule has 4 nitrogen and oxygen atoms in total. The monoisotopic (exact) mass is 289 g/mol. The fraction of sp³-hybridized carbons (Fsp3) is 0. The molecule has 2 aromatic heterocycles. The van der Waals surface area contributed by atoms with Crippen molar-refractivity contribution in [1.82, 2.24) is 9.97 Å². The lowest BCUT2D eigenvalue weighted by atomic mass is 10.2. The first-order chi connectivity index (χ1) is 10.8. The Bertz CT molecular complexity index is 816. The number of rotatable bonds is 0. The predicted molar refractivity (Wildman–Crippen MR) is 89.6 cm³/mol. The van der Waals surface area contributed by atoms with Gasteiger partial charge < -0.3 is 10.8 Å². The van der Waals surface area contributed by atoms with Crippen molar-refractivity contribution in [3.63, 3.8) is 0 Å². The molecule has 0 amide bonds. The van der Waals surface area contributed by atoms with E-state index in [2.05, 4.69) is 22.1 Å². The third kappa shape index (κ3) is 2.81. The van der Waals surface area contributed by atoms with Gasteiger partial charge in [-0.2, -0.15) is 0 Å². The third-order valence-electron chi connectivity index (χ3n) is 3.29. The lowest BCUT2D eigenvalue weighted by Gasteiger charge is -2.01. The van der Waals surface area contributed by atoms with Gasteiger partial charge in [0.2, 0.25) is 0 Å². The van der Waals surface area contributed by atoms with E-state index in [1.807, 2.05) is 36.5 Å². The lowest BCUT2D eigenvalue weighted by Crippen LogP contribution is -1.87. The summed E-state index contributed by atoms with van der Waals surface area (Å²) in [4.78, 5) is 8.19. The molecule has 0 saturated carbocycles. The summed E-state index contributed by atoms with van der Waals surface area (Å²) in [5, 5.41) is 11.4. The molecule has 3 N–H and O–H groups in total. The van der Waals surface area contributed by atoms with E-state index in [0.717, 1.165) is 10.9 Å². The van der Waals surface area contributed by atoms with Crippen LogP contribution >= 0.6 is 0 Å². The van der Waals surface area contributed by atoms with Crippen LogP contribution in [0.2, 0.25) is 0 Å². The molecule has 0 radical (unpaired) electrons. The second kappa shape index (κ2) is 6.10. The summed E-state index contributed by atoms with van der Waals surface area (Å²) in [7, 11) is 0. The van der Waals surface area contributed by atoms with E-state index in [4.69, 9.17) is 5.73 Å². The summed E-state index contributed by atoms with van der Waals surface area (Å²) in [6, 6.07) is 18.9. The van der Waals surface area contributed by atoms with Gasteiger partial charge in [-0.15, -0.1) is 0 Å². The fourth-order valence-electron chi connectivity index (χ4n) is 2.20. The lowest BCUT2D eigenvalue weighted by molar-refractivity contribution is 0.480. The van der Waals surface area contributed by atoms with Gasteiger partial charge >= 0.3 is 0 Å². The van der Waals surface area contributed by atoms with Crippen molar-refractivity contribution < 1.29 is 5.11 Å². The van der Waals surface area contributed by atoms with E-state index in [9.17, 15) is 5.11 Å². The van der Waals surface area contributed by atoms with Crippen LogP contribution in [0.4, 0.5) is 5.69 Å². The number of phenols is 1. The molecule has 0 atom stereocenters. The molecule has 22 heavy (non-hydrogen) atoms. The highest BCUT2D eigenvalue weighted by atomic mass is 16.3. The maximum Gasteiger partial charge on any atom is 0.141 e. The van der Waals surface area contributed by atoms with Crippen molar-refractivity contribution in [2.45, 2.75) is 0 Å². The van der Waals surface area contributed by atoms with Crippen LogP contribution in [0.5, 0.6) is 5.75 Å². The fourth-order valence-corrected chi connectivity index (χ4v) is 2.20. The average molecular weight is 289 g/mol. The highest BCUT2D eigenvalue weighted by Crippen LogP contribution is 2.26. The largest absolute Gasteiger partial charge is 0.506 e. The minimum atomic E-state index is 0.166. The molecule has 0 aliphatic rings. The zero-order valence-corrected chi connectivity index (χ0v) is 11.8. The minimum Gasteiger partial charge on any atom is -0.506 e. The quantitative estimate of drug-likeness (QED) is 0.382. The molecule has 0 aliphatic carbocycles. The van der Waals surface area contributed by atoms with Crippen LogP contribution in [0.3, 0.4) is 0 Å². The molecular formula is C18H15N3O. The number of nitrogens with zero attached hydrogens (tertiary/aromatic N) is 2. The number of aromatic hydroxyl groups is 1. The van der Waals surface area contributed by atoms with E-state index in [1.165, 1.54) is 5.39 Å². The number of nitrogen functional groups attached to an aromatic ring is 1. The smallest absolute Gasteiger partial charge is 0.141 e. The highest BCUT2D eigenvalue weighted by molar-refractivity contribution is 5.93. The highest BCUT2D eigenvalue weighted by Gasteiger charge is 2.01. The molecular weight excluding hydrogens is 274 g/mol. The Kier molecular flexibility index (Phi) is 3.83. The SMILES string of the molecule is Nc1ccc(O)c2ncccc12.c1ccc2ncccc2c1. The van der Waals surface area contributed by atoms with Crippen molar-refractivity contribution in [1.29, 1.82) is 0 Å². The molecule has 4 aromatic rings. The first-order valence-electron chi connectivity index (χ1n) is 6.87. The second-order valence-corrected chi connectivity index (χ2v) is 4.77. The number of fused-ring (bicyclic) bond motifs is 2. The van der Waals surface area contributed by atoms with Gasteiger partial charge in [0, 0.05) is 28.9 Å². The van der Waals surface area contributed by atoms with E-state index >= 15 is 0 Å². The molecule has 0 bridgehead atoms. The molecule has 0 fully saturated rings. The Labute approximate surface area is 127 Å². The second-order valence-electron chi connectivity index (χ2n) is 4.77. The van der Waals surface area contributed by atoms with Crippen LogP contribution < -0.4 is 5.73 Å². The number of pyridine rings is 2. The van der Waals surface area contributed by atoms with Gasteiger partial charge in [0.25, 0.3) is 0 Å². The van der Waals surface area contributed by atoms with Gasteiger partial charge in [-0.05, 0) is 36.4 Å². The number of aromatic nitrogens is 2. The van der Waals surface area contributed by atoms with Crippen LogP contribution in [0.25, 0.3) is 21.8 Å². The van der Waals surface area contributed by atoms with Crippen LogP contribution in [-0.4, -0.2) is 15.1 Å². The predicted octanol–water partition coefficient (Wildman–Crippen LogP) is 3.76. The molecule has 2 heterocycles. The van der Waals surface area contributed by atoms with Gasteiger partial charge in [-0.25, -0.2) is 0 Å². The molecule has 0 spiro atoms. The Morgan fingerprint density at radius 2 is 1.50 bits per heavy atom. The number of hydrogen-bond acceptors (Lipinski definition) is 4. The summed E-state index contributed by atoms with van der Waals surface area (Å²) < 4.78 is 0. The first-order valence-corrected chi connectivity index (χ1v) is 6.87. The summed E-state index contributed by atoms with van der Waals surface area (Å²) in [6.45, 7) is 0. The van der Waals surface area contributed by atoms with Crippen LogP contribution in [0, 0.1) is 0 Å². The first kappa shape index (κ1) is 13.8. The molecule has 4 rings (SSSR count). The van der Waals surface area contributed by atoms with Crippen molar-refractivity contribution in [2.75, 3.05) is 5.73 Å². The van der Waals surface area contributed by atoms with Crippen LogP contribution in [0.15, 0.2) is 73.1 Å². The van der Waals surface area contributed by atoms with Crippen molar-refractivity contribution in [2.24, 2.45) is 0 Å². The molecule has 0 unspecified atom stereocenters. The normalized spacial score (nSPS) is 10.2. The number of nitrogens with two attached hydrogens (primary N) is 1. The van der Waals surface area contributed by atoms with Gasteiger partial charge in [-0.1, -0.05) is 24.3 Å². The van der Waals surface area contributed by atoms with Gasteiger partial charge in [0.1, 0.15) is 11.3 Å². The maximum atomic E-state index is 9.38. The molecule has 4 heteroatoms. The molecule has 2 aromatic carbocycles. The standard InChI is InChI=1S/C9H8N2O.C9H7N/c10-7-3-4-8(12)9-6(7)2-1-5-11-9;1-2-6-9-8(4-1)5-3-7-10-9/h1-5,12H,10H2;1-7H. The van der Waals surface area contributed by atoms with E-state index < -0.39 is 0 Å². The number of anilines is 1. The summed E-state index contributed by atoms with van der Waals surface area (Å²) >= 11 is 0. The molecule has 108 valence electrons. The van der Waals surface area contributed by atoms with E-state index in [0.29, 0.717) is 11.2 Å². The summed E-state index contributed by atoms with van der Waals surface area (Å²) in [5.41, 5.74) is 7.92. The zero-order chi connectivity index (χ0) is 15.4. The zero-order valence-electron chi connectivity index (χ0n) is 11.8. The topological polar surface area (TPSA) is 72.0 Å². The Hall–Kier alpha value is -3.14. The van der Waals surface area contributed by atoms with Gasteiger partial charge in [-0.3, -0.25) is 9.97 Å². The molecule has 0 aliphatic heterocycles. The van der Waals surface area contributed by atoms with Gasteiger partial charge in [0.15, 0.2) is 0 Å². The minimum absolute atomic E-state index is 0.166. The number of hydrogen-bond donors (Lipinski definition) is 2. The Morgan fingerprint density at radius 3 is 2.32 bits per heavy atom. The van der Waals surface area contributed by atoms with Crippen molar-refractivity contribution in [3.8, 4) is 5.75 Å². The van der Waals surface area contributed by atoms with Crippen molar-refractivity contribution in [3.05, 3.63) is 73.1 Å². The number of para-hydroxylation sites is 1. The van der Waals surface area contributed by atoms with E-state index in [-0.39, 0.29) is 5.75 Å². The van der Waals surface area contributed by atoms with E-state index in [1.54, 1.807) is 24.4 Å². The third-order valence-corrected chi connectivity index (χ3v) is 3.29. The maximum absolute atomic E-state index is 9.38. The Balaban J connectivity index is 0.000000133.